The molecule has 0 spiro atoms. The lowest BCUT2D eigenvalue weighted by Crippen LogP contribution is -2.45. The molecule has 1 aliphatic rings. The van der Waals surface area contributed by atoms with E-state index in [4.69, 9.17) is 9.47 Å². The summed E-state index contributed by atoms with van der Waals surface area (Å²) < 4.78 is 10.7. The average Bonchev–Trinajstić information content (AvgIpc) is 2.51. The molecule has 1 aromatic carbocycles. The van der Waals surface area contributed by atoms with Gasteiger partial charge in [-0.1, -0.05) is 6.92 Å². The summed E-state index contributed by atoms with van der Waals surface area (Å²) in [5.41, 5.74) is 2.35. The molecule has 0 bridgehead atoms. The number of carbonyl (C=O) groups excluding carboxylic acids is 1. The maximum absolute atomic E-state index is 12.2. The molecular formula is C16H24N2O3. The van der Waals surface area contributed by atoms with Crippen LogP contribution < -0.4 is 14.8 Å². The summed E-state index contributed by atoms with van der Waals surface area (Å²) >= 11 is 0. The summed E-state index contributed by atoms with van der Waals surface area (Å²) in [5, 5.41) is 2.95. The van der Waals surface area contributed by atoms with E-state index in [0.717, 1.165) is 30.7 Å². The van der Waals surface area contributed by atoms with Crippen LogP contribution in [0.4, 0.5) is 4.79 Å². The van der Waals surface area contributed by atoms with Gasteiger partial charge in [-0.3, -0.25) is 0 Å². The van der Waals surface area contributed by atoms with E-state index in [1.807, 2.05) is 24.0 Å². The first-order chi connectivity index (χ1) is 10.1. The summed E-state index contributed by atoms with van der Waals surface area (Å²) in [7, 11) is 3.27. The van der Waals surface area contributed by atoms with Gasteiger partial charge in [-0.15, -0.1) is 0 Å². The van der Waals surface area contributed by atoms with Gasteiger partial charge < -0.3 is 19.7 Å². The van der Waals surface area contributed by atoms with Gasteiger partial charge in [-0.2, -0.15) is 0 Å². The Hall–Kier alpha value is -1.91. The van der Waals surface area contributed by atoms with E-state index >= 15 is 0 Å². The molecule has 0 saturated heterocycles. The highest BCUT2D eigenvalue weighted by atomic mass is 16.5. The Morgan fingerprint density at radius 3 is 2.62 bits per heavy atom. The van der Waals surface area contributed by atoms with Gasteiger partial charge in [0.1, 0.15) is 0 Å². The van der Waals surface area contributed by atoms with Crippen LogP contribution in [0, 0.1) is 0 Å². The molecule has 0 saturated carbocycles. The van der Waals surface area contributed by atoms with Crippen molar-refractivity contribution in [2.75, 3.05) is 27.3 Å². The van der Waals surface area contributed by atoms with Crippen molar-refractivity contribution in [1.29, 1.82) is 0 Å². The summed E-state index contributed by atoms with van der Waals surface area (Å²) in [6.07, 6.45) is 1.77. The molecule has 0 fully saturated rings. The molecule has 5 nitrogen and oxygen atoms in total. The lowest BCUT2D eigenvalue weighted by Gasteiger charge is -2.35. The zero-order valence-corrected chi connectivity index (χ0v) is 13.2. The Kier molecular flexibility index (Phi) is 4.94. The van der Waals surface area contributed by atoms with Gasteiger partial charge in [-0.05, 0) is 43.0 Å². The average molecular weight is 292 g/mol. The highest BCUT2D eigenvalue weighted by Crippen LogP contribution is 2.37. The predicted octanol–water partition coefficient (Wildman–Crippen LogP) is 2.74. The molecule has 0 aromatic heterocycles. The van der Waals surface area contributed by atoms with Crippen molar-refractivity contribution in [2.24, 2.45) is 0 Å². The zero-order valence-electron chi connectivity index (χ0n) is 13.2. The standard InChI is InChI=1S/C16H24N2O3/c1-5-7-17-16(19)18-8-6-12-9-14(20-3)15(21-4)10-13(12)11(18)2/h9-11H,5-8H2,1-4H3,(H,17,19). The van der Waals surface area contributed by atoms with E-state index < -0.39 is 0 Å². The molecule has 1 unspecified atom stereocenters. The lowest BCUT2D eigenvalue weighted by molar-refractivity contribution is 0.174. The van der Waals surface area contributed by atoms with Crippen molar-refractivity contribution >= 4 is 6.03 Å². The molecule has 1 aromatic rings. The number of hydrogen-bond acceptors (Lipinski definition) is 3. The van der Waals surface area contributed by atoms with Crippen LogP contribution in [0.25, 0.3) is 0 Å². The van der Waals surface area contributed by atoms with Crippen molar-refractivity contribution in [3.8, 4) is 11.5 Å². The Bertz CT molecular complexity index is 516. The second kappa shape index (κ2) is 6.70. The van der Waals surface area contributed by atoms with Crippen molar-refractivity contribution in [1.82, 2.24) is 10.2 Å². The van der Waals surface area contributed by atoms with Gasteiger partial charge in [0.15, 0.2) is 11.5 Å². The fourth-order valence-electron chi connectivity index (χ4n) is 2.76. The van der Waals surface area contributed by atoms with Crippen LogP contribution in [0.5, 0.6) is 11.5 Å². The highest BCUT2D eigenvalue weighted by molar-refractivity contribution is 5.75. The molecule has 5 heteroatoms. The van der Waals surface area contributed by atoms with Gasteiger partial charge in [0.05, 0.1) is 20.3 Å². The molecule has 1 heterocycles. The van der Waals surface area contributed by atoms with Crippen molar-refractivity contribution < 1.29 is 14.3 Å². The number of benzene rings is 1. The molecule has 0 radical (unpaired) electrons. The molecular weight excluding hydrogens is 268 g/mol. The highest BCUT2D eigenvalue weighted by Gasteiger charge is 2.28. The third kappa shape index (κ3) is 3.06. The largest absolute Gasteiger partial charge is 0.493 e. The molecule has 2 rings (SSSR count). The third-order valence-electron chi connectivity index (χ3n) is 3.97. The number of urea groups is 1. The third-order valence-corrected chi connectivity index (χ3v) is 3.97. The predicted molar refractivity (Wildman–Crippen MR) is 82.1 cm³/mol. The maximum Gasteiger partial charge on any atom is 0.317 e. The second-order valence-corrected chi connectivity index (χ2v) is 5.26. The van der Waals surface area contributed by atoms with Gasteiger partial charge in [0.2, 0.25) is 0 Å². The van der Waals surface area contributed by atoms with Crippen LogP contribution in [0.15, 0.2) is 12.1 Å². The molecule has 1 N–H and O–H groups in total. The van der Waals surface area contributed by atoms with E-state index in [-0.39, 0.29) is 12.1 Å². The first-order valence-electron chi connectivity index (χ1n) is 7.41. The van der Waals surface area contributed by atoms with E-state index in [2.05, 4.69) is 12.2 Å². The number of methoxy groups -OCH3 is 2. The molecule has 116 valence electrons. The Morgan fingerprint density at radius 1 is 1.33 bits per heavy atom. The number of fused-ring (bicyclic) bond motifs is 1. The minimum absolute atomic E-state index is 0.00443. The van der Waals surface area contributed by atoms with Gasteiger partial charge in [0.25, 0.3) is 0 Å². The summed E-state index contributed by atoms with van der Waals surface area (Å²) in [6.45, 7) is 5.53. The molecule has 2 amide bonds. The Morgan fingerprint density at radius 2 is 2.00 bits per heavy atom. The molecule has 21 heavy (non-hydrogen) atoms. The summed E-state index contributed by atoms with van der Waals surface area (Å²) in [5.74, 6) is 1.45. The SMILES string of the molecule is CCCNC(=O)N1CCc2cc(OC)c(OC)cc2C1C. The minimum Gasteiger partial charge on any atom is -0.493 e. The summed E-state index contributed by atoms with van der Waals surface area (Å²) in [4.78, 5) is 14.1. The normalized spacial score (nSPS) is 17.1. The maximum atomic E-state index is 12.2. The minimum atomic E-state index is 0.00443. The van der Waals surface area contributed by atoms with Crippen molar-refractivity contribution in [3.63, 3.8) is 0 Å². The van der Waals surface area contributed by atoms with Crippen LogP contribution in [0.3, 0.4) is 0 Å². The number of carbonyl (C=O) groups is 1. The van der Waals surface area contributed by atoms with E-state index in [9.17, 15) is 4.79 Å². The van der Waals surface area contributed by atoms with Gasteiger partial charge >= 0.3 is 6.03 Å². The van der Waals surface area contributed by atoms with Crippen LogP contribution >= 0.6 is 0 Å². The topological polar surface area (TPSA) is 50.8 Å². The van der Waals surface area contributed by atoms with Crippen LogP contribution in [0.1, 0.15) is 37.4 Å². The van der Waals surface area contributed by atoms with E-state index in [0.29, 0.717) is 12.3 Å². The van der Waals surface area contributed by atoms with Gasteiger partial charge in [0, 0.05) is 13.1 Å². The summed E-state index contributed by atoms with van der Waals surface area (Å²) in [6, 6.07) is 4.04. The van der Waals surface area contributed by atoms with Crippen LogP contribution in [-0.4, -0.2) is 38.2 Å². The van der Waals surface area contributed by atoms with Crippen molar-refractivity contribution in [2.45, 2.75) is 32.7 Å². The van der Waals surface area contributed by atoms with Gasteiger partial charge in [-0.25, -0.2) is 4.79 Å². The molecule has 1 atom stereocenters. The number of nitrogens with one attached hydrogen (secondary N) is 1. The zero-order chi connectivity index (χ0) is 15.4. The Balaban J connectivity index is 2.26. The first kappa shape index (κ1) is 15.5. The monoisotopic (exact) mass is 292 g/mol. The quantitative estimate of drug-likeness (QED) is 0.928. The van der Waals surface area contributed by atoms with Crippen LogP contribution in [0.2, 0.25) is 0 Å². The fraction of sp³-hybridized carbons (Fsp3) is 0.562. The first-order valence-corrected chi connectivity index (χ1v) is 7.41. The van der Waals surface area contributed by atoms with E-state index in [1.54, 1.807) is 14.2 Å². The van der Waals surface area contributed by atoms with E-state index in [1.165, 1.54) is 5.56 Å². The Labute approximate surface area is 126 Å². The molecule has 1 aliphatic heterocycles. The smallest absolute Gasteiger partial charge is 0.317 e. The van der Waals surface area contributed by atoms with Crippen LogP contribution in [-0.2, 0) is 6.42 Å². The number of rotatable bonds is 4. The number of amides is 2. The second-order valence-electron chi connectivity index (χ2n) is 5.26. The number of ether oxygens (including phenoxy) is 2. The lowest BCUT2D eigenvalue weighted by atomic mass is 9.93. The molecule has 0 aliphatic carbocycles. The number of hydrogen-bond donors (Lipinski definition) is 1. The van der Waals surface area contributed by atoms with Crippen molar-refractivity contribution in [3.05, 3.63) is 23.3 Å². The number of nitrogens with zero attached hydrogens (tertiary/aromatic N) is 1. The fourth-order valence-corrected chi connectivity index (χ4v) is 2.76.